The van der Waals surface area contributed by atoms with Gasteiger partial charge in [0.15, 0.2) is 0 Å². The van der Waals surface area contributed by atoms with E-state index in [9.17, 15) is 18.0 Å². The molecule has 49 heavy (non-hydrogen) atoms. The third kappa shape index (κ3) is 7.38. The van der Waals surface area contributed by atoms with Crippen LogP contribution < -0.4 is 19.9 Å². The molecule has 13 heteroatoms. The van der Waals surface area contributed by atoms with E-state index in [-0.39, 0.29) is 23.6 Å². The van der Waals surface area contributed by atoms with Crippen LogP contribution in [0, 0.1) is 0 Å². The zero-order chi connectivity index (χ0) is 35.3. The van der Waals surface area contributed by atoms with Gasteiger partial charge in [-0.3, -0.25) is 9.59 Å². The summed E-state index contributed by atoms with van der Waals surface area (Å²) in [5.74, 6) is 0.451. The maximum Gasteiger partial charge on any atom is 0.269 e. The first-order valence-electron chi connectivity index (χ1n) is 16.4. The molecule has 11 nitrogen and oxygen atoms in total. The molecule has 3 aromatic carbocycles. The number of unbranched alkanes of at least 4 members (excludes halogenated alkanes) is 3. The molecular formula is C36H45ClN4O7S. The highest BCUT2D eigenvalue weighted by molar-refractivity contribution is 7.89. The Morgan fingerprint density at radius 1 is 0.816 bits per heavy atom. The summed E-state index contributed by atoms with van der Waals surface area (Å²) in [5, 5.41) is 2.88. The van der Waals surface area contributed by atoms with Gasteiger partial charge in [-0.1, -0.05) is 25.0 Å². The van der Waals surface area contributed by atoms with Crippen molar-refractivity contribution in [2.45, 2.75) is 31.2 Å². The van der Waals surface area contributed by atoms with Crippen LogP contribution in [0.15, 0.2) is 54.6 Å². The van der Waals surface area contributed by atoms with Crippen LogP contribution in [0.1, 0.15) is 63.1 Å². The molecule has 1 spiro atoms. The molecule has 1 N–H and O–H groups in total. The van der Waals surface area contributed by atoms with Gasteiger partial charge in [0.05, 0.1) is 26.1 Å². The number of benzene rings is 3. The number of nitrogens with one attached hydrogen (secondary N) is 1. The standard InChI is InChI=1S/C36H45ClN4O7S/c1-39(2)26-11-14-29-32(23-26)48-33-24-27(40(3)4)12-15-30(33)36(29)31-22-25(10-13-28(31)35(43)41(36)49(5,44)45)34(42)38-17-19-47-21-20-46-18-9-7-6-8-16-37/h10-15,22-24H,6-9,16-21H2,1-5H3,(H,38,42). The largest absolute Gasteiger partial charge is 0.456 e. The highest BCUT2D eigenvalue weighted by Crippen LogP contribution is 2.59. The molecular weight excluding hydrogens is 668 g/mol. The number of alkyl halides is 1. The number of amides is 2. The number of halogens is 1. The van der Waals surface area contributed by atoms with Gasteiger partial charge in [0.25, 0.3) is 11.8 Å². The van der Waals surface area contributed by atoms with Crippen LogP contribution in [-0.4, -0.2) is 97.8 Å². The first kappa shape index (κ1) is 36.4. The van der Waals surface area contributed by atoms with Crippen molar-refractivity contribution >= 4 is 44.8 Å². The molecule has 0 radical (unpaired) electrons. The summed E-state index contributed by atoms with van der Waals surface area (Å²) < 4.78 is 45.9. The van der Waals surface area contributed by atoms with Crippen molar-refractivity contribution in [2.75, 3.05) is 83.1 Å². The van der Waals surface area contributed by atoms with E-state index in [2.05, 4.69) is 5.32 Å². The van der Waals surface area contributed by atoms with Gasteiger partial charge in [-0.15, -0.1) is 11.6 Å². The fraction of sp³-hybridized carbons (Fsp3) is 0.444. The van der Waals surface area contributed by atoms with E-state index < -0.39 is 21.5 Å². The lowest BCUT2D eigenvalue weighted by molar-refractivity contribution is 0.0468. The number of sulfonamides is 1. The van der Waals surface area contributed by atoms with Crippen LogP contribution >= 0.6 is 11.6 Å². The van der Waals surface area contributed by atoms with Crippen molar-refractivity contribution < 1.29 is 32.2 Å². The predicted molar refractivity (Wildman–Crippen MR) is 192 cm³/mol. The average Bonchev–Trinajstić information content (AvgIpc) is 3.33. The summed E-state index contributed by atoms with van der Waals surface area (Å²) in [6.07, 6.45) is 5.22. The molecule has 0 bridgehead atoms. The van der Waals surface area contributed by atoms with Gasteiger partial charge in [-0.05, 0) is 43.2 Å². The minimum atomic E-state index is -4.16. The van der Waals surface area contributed by atoms with Gasteiger partial charge < -0.3 is 29.3 Å². The van der Waals surface area contributed by atoms with Gasteiger partial charge in [-0.25, -0.2) is 12.7 Å². The number of anilines is 2. The topological polar surface area (TPSA) is 118 Å². The maximum atomic E-state index is 14.1. The van der Waals surface area contributed by atoms with Crippen LogP contribution in [0.25, 0.3) is 0 Å². The lowest BCUT2D eigenvalue weighted by atomic mass is 9.75. The van der Waals surface area contributed by atoms with Crippen LogP contribution in [-0.2, 0) is 25.0 Å². The van der Waals surface area contributed by atoms with Crippen molar-refractivity contribution in [2.24, 2.45) is 0 Å². The van der Waals surface area contributed by atoms with Crippen LogP contribution in [0.4, 0.5) is 11.4 Å². The second-order valence-corrected chi connectivity index (χ2v) is 14.8. The third-order valence-electron chi connectivity index (χ3n) is 8.76. The monoisotopic (exact) mass is 712 g/mol. The van der Waals surface area contributed by atoms with Crippen LogP contribution in [0.5, 0.6) is 11.5 Å². The van der Waals surface area contributed by atoms with Crippen LogP contribution in [0.3, 0.4) is 0 Å². The molecule has 0 atom stereocenters. The Morgan fingerprint density at radius 2 is 1.41 bits per heavy atom. The van der Waals surface area contributed by atoms with E-state index in [1.165, 1.54) is 6.07 Å². The summed E-state index contributed by atoms with van der Waals surface area (Å²) in [6.45, 7) is 2.11. The zero-order valence-electron chi connectivity index (χ0n) is 28.8. The summed E-state index contributed by atoms with van der Waals surface area (Å²) in [4.78, 5) is 31.4. The Morgan fingerprint density at radius 3 is 1.98 bits per heavy atom. The quantitative estimate of drug-likeness (QED) is 0.158. The second kappa shape index (κ2) is 15.4. The summed E-state index contributed by atoms with van der Waals surface area (Å²) in [7, 11) is 3.42. The Labute approximate surface area is 294 Å². The molecule has 2 aliphatic rings. The molecule has 2 heterocycles. The minimum Gasteiger partial charge on any atom is -0.456 e. The molecule has 0 saturated carbocycles. The fourth-order valence-electron chi connectivity index (χ4n) is 6.37. The minimum absolute atomic E-state index is 0.191. The van der Waals surface area contributed by atoms with Crippen LogP contribution in [0.2, 0.25) is 0 Å². The summed E-state index contributed by atoms with van der Waals surface area (Å²) in [5.41, 5.74) is 1.84. The lowest BCUT2D eigenvalue weighted by Crippen LogP contribution is -2.50. The van der Waals surface area contributed by atoms with Crippen molar-refractivity contribution in [3.63, 3.8) is 0 Å². The molecule has 264 valence electrons. The first-order chi connectivity index (χ1) is 23.4. The number of hydrogen-bond donors (Lipinski definition) is 1. The third-order valence-corrected chi connectivity index (χ3v) is 10.1. The van der Waals surface area contributed by atoms with Gasteiger partial charge in [0.1, 0.15) is 17.0 Å². The van der Waals surface area contributed by atoms with E-state index in [1.807, 2.05) is 62.3 Å². The average molecular weight is 713 g/mol. The SMILES string of the molecule is CN(C)c1ccc2c(c1)Oc1cc(N(C)C)ccc1C21c2cc(C(=O)NCCOCCOCCCCCCCl)ccc2C(=O)N1S(C)(=O)=O. The van der Waals surface area contributed by atoms with E-state index in [0.717, 1.165) is 47.6 Å². The summed E-state index contributed by atoms with van der Waals surface area (Å²) in [6, 6.07) is 15.7. The molecule has 2 aliphatic heterocycles. The van der Waals surface area contributed by atoms with E-state index >= 15 is 0 Å². The van der Waals surface area contributed by atoms with Crippen molar-refractivity contribution in [3.8, 4) is 11.5 Å². The van der Waals surface area contributed by atoms with Crippen molar-refractivity contribution in [3.05, 3.63) is 82.4 Å². The Kier molecular flexibility index (Phi) is 11.4. The highest BCUT2D eigenvalue weighted by atomic mass is 35.5. The van der Waals surface area contributed by atoms with Crippen molar-refractivity contribution in [1.29, 1.82) is 0 Å². The molecule has 5 rings (SSSR count). The zero-order valence-corrected chi connectivity index (χ0v) is 30.3. The maximum absolute atomic E-state index is 14.1. The molecule has 2 amide bonds. The van der Waals surface area contributed by atoms with Crippen molar-refractivity contribution in [1.82, 2.24) is 9.62 Å². The van der Waals surface area contributed by atoms with E-state index in [1.54, 1.807) is 24.3 Å². The van der Waals surface area contributed by atoms with Gasteiger partial charge >= 0.3 is 0 Å². The first-order valence-corrected chi connectivity index (χ1v) is 18.8. The molecule has 0 fully saturated rings. The molecule has 0 unspecified atom stereocenters. The fourth-order valence-corrected chi connectivity index (χ4v) is 7.75. The van der Waals surface area contributed by atoms with E-state index in [0.29, 0.717) is 60.5 Å². The molecule has 0 aliphatic carbocycles. The molecule has 0 aromatic heterocycles. The number of carbonyl (C=O) groups is 2. The Hall–Kier alpha value is -3.84. The number of carbonyl (C=O) groups excluding carboxylic acids is 2. The summed E-state index contributed by atoms with van der Waals surface area (Å²) >= 11 is 5.70. The number of ether oxygens (including phenoxy) is 3. The number of hydrogen-bond acceptors (Lipinski definition) is 9. The second-order valence-electron chi connectivity index (χ2n) is 12.6. The Balaban J connectivity index is 1.44. The normalized spacial score (nSPS) is 14.2. The lowest BCUT2D eigenvalue weighted by Gasteiger charge is -2.43. The number of fused-ring (bicyclic) bond motifs is 6. The van der Waals surface area contributed by atoms with Gasteiger partial charge in [-0.2, -0.15) is 0 Å². The van der Waals surface area contributed by atoms with Gasteiger partial charge in [0, 0.05) is 98.5 Å². The smallest absolute Gasteiger partial charge is 0.269 e. The van der Waals surface area contributed by atoms with E-state index in [4.69, 9.17) is 25.8 Å². The van der Waals surface area contributed by atoms with Gasteiger partial charge in [0.2, 0.25) is 10.0 Å². The number of nitrogens with zero attached hydrogens (tertiary/aromatic N) is 3. The molecule has 0 saturated heterocycles. The highest BCUT2D eigenvalue weighted by Gasteiger charge is 2.60. The predicted octanol–water partition coefficient (Wildman–Crippen LogP) is 5.19. The number of rotatable bonds is 16. The Bertz CT molecular complexity index is 1740. The molecule has 3 aromatic rings.